The van der Waals surface area contributed by atoms with E-state index in [1.54, 1.807) is 0 Å². The summed E-state index contributed by atoms with van der Waals surface area (Å²) < 4.78 is 10.5. The first-order valence-electron chi connectivity index (χ1n) is 4.40. The topological polar surface area (TPSA) is 18.5 Å². The van der Waals surface area contributed by atoms with Gasteiger partial charge in [0.05, 0.1) is 6.10 Å². The van der Waals surface area contributed by atoms with E-state index >= 15 is 0 Å². The van der Waals surface area contributed by atoms with Crippen LogP contribution < -0.4 is 0 Å². The highest BCUT2D eigenvalue weighted by Crippen LogP contribution is 1.94. The summed E-state index contributed by atoms with van der Waals surface area (Å²) >= 11 is 0. The van der Waals surface area contributed by atoms with E-state index in [1.165, 1.54) is 0 Å². The molecule has 0 saturated heterocycles. The third-order valence-electron chi connectivity index (χ3n) is 1.32. The number of unbranched alkanes of at least 4 members (excludes halogenated alkanes) is 1. The molecule has 0 atom stereocenters. The molecule has 0 saturated carbocycles. The van der Waals surface area contributed by atoms with Gasteiger partial charge in [-0.25, -0.2) is 0 Å². The molecule has 0 aromatic heterocycles. The van der Waals surface area contributed by atoms with Crippen LogP contribution in [-0.4, -0.2) is 25.9 Å². The summed E-state index contributed by atoms with van der Waals surface area (Å²) in [7, 11) is 0. The molecule has 0 rings (SSSR count). The van der Waals surface area contributed by atoms with Gasteiger partial charge in [-0.15, -0.1) is 6.42 Å². The maximum atomic E-state index is 5.35. The molecule has 0 aromatic rings. The average Bonchev–Trinajstić information content (AvgIpc) is 2.02. The van der Waals surface area contributed by atoms with Crippen molar-refractivity contribution >= 4 is 0 Å². The Bertz CT molecular complexity index is 125. The number of terminal acetylenes is 1. The number of ether oxygens (including phenoxy) is 2. The molecule has 86 valence electrons. The van der Waals surface area contributed by atoms with E-state index < -0.39 is 0 Å². The predicted molar refractivity (Wildman–Crippen MR) is 63.4 cm³/mol. The standard InChI is InChI=1S/C10H18O2.2CH4/c1-4-7-11-8-5-6-9-12-10(2)3;;/h1,10H,5-9H2,2-3H3;2*1H4. The Labute approximate surface area is 90.0 Å². The van der Waals surface area contributed by atoms with Crippen molar-refractivity contribution in [1.29, 1.82) is 0 Å². The van der Waals surface area contributed by atoms with E-state index in [9.17, 15) is 0 Å². The van der Waals surface area contributed by atoms with Crippen molar-refractivity contribution in [1.82, 2.24) is 0 Å². The molecule has 0 aliphatic heterocycles. The Morgan fingerprint density at radius 3 is 2.21 bits per heavy atom. The van der Waals surface area contributed by atoms with Gasteiger partial charge in [-0.2, -0.15) is 0 Å². The summed E-state index contributed by atoms with van der Waals surface area (Å²) in [5, 5.41) is 0. The fourth-order valence-corrected chi connectivity index (χ4v) is 0.756. The predicted octanol–water partition coefficient (Wildman–Crippen LogP) is 3.11. The minimum atomic E-state index is 0. The summed E-state index contributed by atoms with van der Waals surface area (Å²) in [6.45, 7) is 6.05. The minimum Gasteiger partial charge on any atom is -0.379 e. The third-order valence-corrected chi connectivity index (χ3v) is 1.32. The molecule has 0 N–H and O–H groups in total. The van der Waals surface area contributed by atoms with Crippen molar-refractivity contribution in [3.63, 3.8) is 0 Å². The van der Waals surface area contributed by atoms with Gasteiger partial charge in [0.2, 0.25) is 0 Å². The fourth-order valence-electron chi connectivity index (χ4n) is 0.756. The zero-order valence-corrected chi connectivity index (χ0v) is 8.01. The van der Waals surface area contributed by atoms with E-state index in [1.807, 2.05) is 13.8 Å². The average molecular weight is 202 g/mol. The maximum absolute atomic E-state index is 5.35. The van der Waals surface area contributed by atoms with Crippen LogP contribution in [0, 0.1) is 12.3 Å². The second-order valence-electron chi connectivity index (χ2n) is 2.88. The van der Waals surface area contributed by atoms with Crippen LogP contribution in [0.15, 0.2) is 0 Å². The smallest absolute Gasteiger partial charge is 0.107 e. The molecule has 0 fully saturated rings. The Hall–Kier alpha value is -0.520. The minimum absolute atomic E-state index is 0. The lowest BCUT2D eigenvalue weighted by molar-refractivity contribution is 0.0693. The van der Waals surface area contributed by atoms with Crippen LogP contribution >= 0.6 is 0 Å². The first-order valence-corrected chi connectivity index (χ1v) is 4.40. The fraction of sp³-hybridized carbons (Fsp3) is 0.833. The Morgan fingerprint density at radius 1 is 1.14 bits per heavy atom. The van der Waals surface area contributed by atoms with Crippen molar-refractivity contribution in [2.75, 3.05) is 19.8 Å². The molecule has 0 unspecified atom stereocenters. The number of hydrogen-bond acceptors (Lipinski definition) is 2. The lowest BCUT2D eigenvalue weighted by Gasteiger charge is -2.06. The van der Waals surface area contributed by atoms with Crippen molar-refractivity contribution in [3.05, 3.63) is 0 Å². The Morgan fingerprint density at radius 2 is 1.71 bits per heavy atom. The molecule has 0 bridgehead atoms. The molecule has 2 heteroatoms. The Balaban J connectivity index is -0.000000605. The van der Waals surface area contributed by atoms with Crippen molar-refractivity contribution in [2.45, 2.75) is 47.6 Å². The highest BCUT2D eigenvalue weighted by atomic mass is 16.5. The van der Waals surface area contributed by atoms with E-state index in [-0.39, 0.29) is 14.9 Å². The van der Waals surface area contributed by atoms with Gasteiger partial charge in [0.15, 0.2) is 0 Å². The van der Waals surface area contributed by atoms with Gasteiger partial charge < -0.3 is 9.47 Å². The highest BCUT2D eigenvalue weighted by molar-refractivity contribution is 4.82. The van der Waals surface area contributed by atoms with Crippen LogP contribution in [0.5, 0.6) is 0 Å². The van der Waals surface area contributed by atoms with E-state index in [4.69, 9.17) is 15.9 Å². The maximum Gasteiger partial charge on any atom is 0.107 e. The quantitative estimate of drug-likeness (QED) is 0.466. The van der Waals surface area contributed by atoms with Crippen LogP contribution in [0.25, 0.3) is 0 Å². The van der Waals surface area contributed by atoms with Crippen LogP contribution in [0.2, 0.25) is 0 Å². The molecule has 0 aliphatic carbocycles. The van der Waals surface area contributed by atoms with Gasteiger partial charge >= 0.3 is 0 Å². The lowest BCUT2D eigenvalue weighted by Crippen LogP contribution is -2.05. The van der Waals surface area contributed by atoms with Gasteiger partial charge in [-0.3, -0.25) is 0 Å². The van der Waals surface area contributed by atoms with Crippen molar-refractivity contribution < 1.29 is 9.47 Å². The monoisotopic (exact) mass is 202 g/mol. The SMILES string of the molecule is C.C.C#CCOCCCCOC(C)C. The molecule has 2 nitrogen and oxygen atoms in total. The lowest BCUT2D eigenvalue weighted by atomic mass is 10.3. The molecule has 0 aromatic carbocycles. The largest absolute Gasteiger partial charge is 0.379 e. The number of hydrogen-bond donors (Lipinski definition) is 0. The van der Waals surface area contributed by atoms with E-state index in [0.717, 1.165) is 26.1 Å². The first kappa shape index (κ1) is 19.1. The van der Waals surface area contributed by atoms with Gasteiger partial charge in [0, 0.05) is 13.2 Å². The highest BCUT2D eigenvalue weighted by Gasteiger charge is 1.92. The third kappa shape index (κ3) is 17.5. The zero-order chi connectivity index (χ0) is 9.23. The Kier molecular flexibility index (Phi) is 20.4. The second kappa shape index (κ2) is 15.0. The van der Waals surface area contributed by atoms with Gasteiger partial charge in [0.25, 0.3) is 0 Å². The first-order chi connectivity index (χ1) is 5.77. The molecule has 0 spiro atoms. The summed E-state index contributed by atoms with van der Waals surface area (Å²) in [6, 6.07) is 0. The molecule has 0 radical (unpaired) electrons. The van der Waals surface area contributed by atoms with E-state index in [2.05, 4.69) is 5.92 Å². The van der Waals surface area contributed by atoms with Gasteiger partial charge in [-0.1, -0.05) is 20.8 Å². The summed E-state index contributed by atoms with van der Waals surface area (Å²) in [5.41, 5.74) is 0. The second-order valence-corrected chi connectivity index (χ2v) is 2.88. The molecule has 0 amide bonds. The van der Waals surface area contributed by atoms with Crippen molar-refractivity contribution in [2.24, 2.45) is 0 Å². The van der Waals surface area contributed by atoms with Crippen LogP contribution in [0.3, 0.4) is 0 Å². The summed E-state index contributed by atoms with van der Waals surface area (Å²) in [5.74, 6) is 2.42. The molecule has 14 heavy (non-hydrogen) atoms. The van der Waals surface area contributed by atoms with Gasteiger partial charge in [0.1, 0.15) is 6.61 Å². The zero-order valence-electron chi connectivity index (χ0n) is 8.01. The van der Waals surface area contributed by atoms with Crippen LogP contribution in [0.1, 0.15) is 41.5 Å². The molecule has 0 aliphatic rings. The van der Waals surface area contributed by atoms with Crippen molar-refractivity contribution in [3.8, 4) is 12.3 Å². The summed E-state index contributed by atoms with van der Waals surface area (Å²) in [4.78, 5) is 0. The van der Waals surface area contributed by atoms with Crippen LogP contribution in [0.4, 0.5) is 0 Å². The van der Waals surface area contributed by atoms with Gasteiger partial charge in [-0.05, 0) is 26.7 Å². The number of rotatable bonds is 7. The van der Waals surface area contributed by atoms with E-state index in [0.29, 0.717) is 12.7 Å². The molecular weight excluding hydrogens is 176 g/mol. The molecular formula is C12H26O2. The molecule has 0 heterocycles. The normalized spacial score (nSPS) is 8.71. The van der Waals surface area contributed by atoms with Crippen LogP contribution in [-0.2, 0) is 9.47 Å². The summed E-state index contributed by atoms with van der Waals surface area (Å²) in [6.07, 6.45) is 7.41.